The van der Waals surface area contributed by atoms with Crippen LogP contribution in [0.2, 0.25) is 0 Å². The Morgan fingerprint density at radius 3 is 2.75 bits per heavy atom. The molecule has 7 heteroatoms. The lowest BCUT2D eigenvalue weighted by atomic mass is 10.2. The fraction of sp³-hybridized carbons (Fsp3) is 0.190. The van der Waals surface area contributed by atoms with Crippen LogP contribution in [-0.4, -0.2) is 41.1 Å². The van der Waals surface area contributed by atoms with E-state index in [2.05, 4.69) is 43.4 Å². The van der Waals surface area contributed by atoms with Crippen LogP contribution in [0.4, 0.5) is 5.69 Å². The predicted molar refractivity (Wildman–Crippen MR) is 108 cm³/mol. The van der Waals surface area contributed by atoms with Crippen LogP contribution in [0.1, 0.15) is 5.69 Å². The molecule has 1 aliphatic heterocycles. The first-order valence-electron chi connectivity index (χ1n) is 9.21. The normalized spacial score (nSPS) is 14.3. The van der Waals surface area contributed by atoms with E-state index in [0.717, 1.165) is 59.6 Å². The highest BCUT2D eigenvalue weighted by atomic mass is 16.5. The van der Waals surface area contributed by atoms with Gasteiger partial charge in [-0.25, -0.2) is 9.97 Å². The number of rotatable bonds is 3. The van der Waals surface area contributed by atoms with Crippen LogP contribution in [0.3, 0.4) is 0 Å². The van der Waals surface area contributed by atoms with Gasteiger partial charge in [-0.2, -0.15) is 5.26 Å². The first-order chi connectivity index (χ1) is 13.8. The second-order valence-electron chi connectivity index (χ2n) is 6.76. The minimum absolute atomic E-state index is 0.378. The van der Waals surface area contributed by atoms with E-state index >= 15 is 0 Å². The molecule has 4 aromatic rings. The highest BCUT2D eigenvalue weighted by molar-refractivity contribution is 6.06. The van der Waals surface area contributed by atoms with Crippen molar-refractivity contribution >= 4 is 27.6 Å². The van der Waals surface area contributed by atoms with Gasteiger partial charge in [0.05, 0.1) is 17.9 Å². The van der Waals surface area contributed by atoms with E-state index in [1.165, 1.54) is 0 Å². The maximum Gasteiger partial charge on any atom is 0.146 e. The minimum atomic E-state index is 0.378. The standard InChI is InChI=1S/C21H18N6O/c22-11-14-8-18-19-10-17(12-25-21(19)26-20(18)13-24-14)28-16-3-1-2-15(9-16)27-6-4-23-5-7-27/h1-3,8-10,12-13,23H,4-7H2,(H,25,26). The number of ether oxygens (including phenoxy) is 1. The molecule has 0 bridgehead atoms. The van der Waals surface area contributed by atoms with E-state index in [4.69, 9.17) is 10.00 Å². The van der Waals surface area contributed by atoms with Crippen LogP contribution in [0.15, 0.2) is 48.8 Å². The maximum atomic E-state index is 9.12. The fourth-order valence-electron chi connectivity index (χ4n) is 3.58. The number of aromatic amines is 1. The summed E-state index contributed by atoms with van der Waals surface area (Å²) in [4.78, 5) is 14.1. The van der Waals surface area contributed by atoms with Crippen molar-refractivity contribution in [3.8, 4) is 17.6 Å². The Morgan fingerprint density at radius 2 is 1.89 bits per heavy atom. The van der Waals surface area contributed by atoms with Crippen LogP contribution in [-0.2, 0) is 0 Å². The zero-order chi connectivity index (χ0) is 18.9. The Bertz CT molecular complexity index is 1200. The molecule has 138 valence electrons. The fourth-order valence-corrected chi connectivity index (χ4v) is 3.58. The molecule has 0 aliphatic carbocycles. The third-order valence-corrected chi connectivity index (χ3v) is 4.96. The van der Waals surface area contributed by atoms with Crippen LogP contribution in [0, 0.1) is 11.3 Å². The molecular weight excluding hydrogens is 352 g/mol. The second kappa shape index (κ2) is 6.83. The SMILES string of the molecule is N#Cc1cc2c(cn1)[nH]c1ncc(Oc3cccc(N4CCNCC4)c3)cc12. The van der Waals surface area contributed by atoms with Crippen molar-refractivity contribution in [2.75, 3.05) is 31.1 Å². The van der Waals surface area contributed by atoms with E-state index in [1.54, 1.807) is 18.5 Å². The molecule has 1 aromatic carbocycles. The lowest BCUT2D eigenvalue weighted by molar-refractivity contribution is 0.481. The minimum Gasteiger partial charge on any atom is -0.456 e. The van der Waals surface area contributed by atoms with Gasteiger partial charge in [-0.15, -0.1) is 0 Å². The number of nitrogens with zero attached hydrogens (tertiary/aromatic N) is 4. The lowest BCUT2D eigenvalue weighted by Crippen LogP contribution is -2.43. The molecule has 0 spiro atoms. The summed E-state index contributed by atoms with van der Waals surface area (Å²) in [6.45, 7) is 3.96. The largest absolute Gasteiger partial charge is 0.456 e. The molecule has 0 atom stereocenters. The van der Waals surface area contributed by atoms with Crippen molar-refractivity contribution in [3.05, 3.63) is 54.5 Å². The summed E-state index contributed by atoms with van der Waals surface area (Å²) in [5.74, 6) is 1.43. The Labute approximate surface area is 161 Å². The van der Waals surface area contributed by atoms with Crippen LogP contribution in [0.5, 0.6) is 11.5 Å². The molecule has 0 saturated carbocycles. The number of nitriles is 1. The van der Waals surface area contributed by atoms with Crippen molar-refractivity contribution in [3.63, 3.8) is 0 Å². The molecule has 1 fully saturated rings. The van der Waals surface area contributed by atoms with Crippen molar-refractivity contribution < 1.29 is 4.74 Å². The molecule has 1 saturated heterocycles. The van der Waals surface area contributed by atoms with Crippen molar-refractivity contribution in [1.29, 1.82) is 5.26 Å². The number of benzene rings is 1. The maximum absolute atomic E-state index is 9.12. The Morgan fingerprint density at radius 1 is 1.00 bits per heavy atom. The van der Waals surface area contributed by atoms with Gasteiger partial charge >= 0.3 is 0 Å². The number of aromatic nitrogens is 3. The summed E-state index contributed by atoms with van der Waals surface area (Å²) in [5, 5.41) is 14.3. The number of piperazine rings is 1. The molecule has 2 N–H and O–H groups in total. The summed E-state index contributed by atoms with van der Waals surface area (Å²) < 4.78 is 6.09. The van der Waals surface area contributed by atoms with Crippen LogP contribution >= 0.6 is 0 Å². The van der Waals surface area contributed by atoms with Gasteiger partial charge in [0, 0.05) is 48.7 Å². The topological polar surface area (TPSA) is 89.9 Å². The summed E-state index contributed by atoms with van der Waals surface area (Å²) in [6.07, 6.45) is 3.36. The summed E-state index contributed by atoms with van der Waals surface area (Å²) in [5.41, 5.74) is 3.13. The highest BCUT2D eigenvalue weighted by Gasteiger charge is 2.12. The Balaban J connectivity index is 1.48. The van der Waals surface area contributed by atoms with Gasteiger partial charge in [0.1, 0.15) is 28.9 Å². The third-order valence-electron chi connectivity index (χ3n) is 4.96. The first-order valence-corrected chi connectivity index (χ1v) is 9.21. The summed E-state index contributed by atoms with van der Waals surface area (Å²) >= 11 is 0. The quantitative estimate of drug-likeness (QED) is 0.576. The number of H-pyrrole nitrogens is 1. The number of hydrogen-bond donors (Lipinski definition) is 2. The van der Waals surface area contributed by atoms with Gasteiger partial charge < -0.3 is 19.9 Å². The number of hydrogen-bond acceptors (Lipinski definition) is 6. The number of anilines is 1. The van der Waals surface area contributed by atoms with Gasteiger partial charge in [0.2, 0.25) is 0 Å². The van der Waals surface area contributed by atoms with E-state index in [-0.39, 0.29) is 0 Å². The molecule has 0 amide bonds. The monoisotopic (exact) mass is 370 g/mol. The number of fused-ring (bicyclic) bond motifs is 3. The summed E-state index contributed by atoms with van der Waals surface area (Å²) in [6, 6.07) is 13.9. The van der Waals surface area contributed by atoms with Crippen LogP contribution < -0.4 is 15.0 Å². The molecule has 5 rings (SSSR count). The molecular formula is C21H18N6O. The molecule has 1 aliphatic rings. The first kappa shape index (κ1) is 16.5. The predicted octanol–water partition coefficient (Wildman–Crippen LogP) is 3.18. The lowest BCUT2D eigenvalue weighted by Gasteiger charge is -2.29. The van der Waals surface area contributed by atoms with Gasteiger partial charge in [-0.05, 0) is 24.3 Å². The number of pyridine rings is 2. The van der Waals surface area contributed by atoms with Gasteiger partial charge in [-0.3, -0.25) is 0 Å². The summed E-state index contributed by atoms with van der Waals surface area (Å²) in [7, 11) is 0. The van der Waals surface area contributed by atoms with Crippen molar-refractivity contribution in [1.82, 2.24) is 20.3 Å². The average Bonchev–Trinajstić information content (AvgIpc) is 3.12. The molecule has 0 unspecified atom stereocenters. The zero-order valence-corrected chi connectivity index (χ0v) is 15.1. The van der Waals surface area contributed by atoms with E-state index in [1.807, 2.05) is 18.2 Å². The second-order valence-corrected chi connectivity index (χ2v) is 6.76. The van der Waals surface area contributed by atoms with Crippen molar-refractivity contribution in [2.45, 2.75) is 0 Å². The van der Waals surface area contributed by atoms with Crippen molar-refractivity contribution in [2.24, 2.45) is 0 Å². The Kier molecular flexibility index (Phi) is 4.04. The smallest absolute Gasteiger partial charge is 0.146 e. The van der Waals surface area contributed by atoms with Gasteiger partial charge in [-0.1, -0.05) is 6.07 Å². The highest BCUT2D eigenvalue weighted by Crippen LogP contribution is 2.30. The van der Waals surface area contributed by atoms with E-state index < -0.39 is 0 Å². The zero-order valence-electron chi connectivity index (χ0n) is 15.1. The molecule has 3 aromatic heterocycles. The number of nitrogens with one attached hydrogen (secondary N) is 2. The third kappa shape index (κ3) is 3.00. The van der Waals surface area contributed by atoms with Gasteiger partial charge in [0.15, 0.2) is 0 Å². The molecule has 4 heterocycles. The average molecular weight is 370 g/mol. The molecule has 7 nitrogen and oxygen atoms in total. The van der Waals surface area contributed by atoms with Crippen LogP contribution in [0.25, 0.3) is 21.9 Å². The van der Waals surface area contributed by atoms with Gasteiger partial charge in [0.25, 0.3) is 0 Å². The van der Waals surface area contributed by atoms with E-state index in [9.17, 15) is 0 Å². The molecule has 0 radical (unpaired) electrons. The molecule has 28 heavy (non-hydrogen) atoms. The van der Waals surface area contributed by atoms with E-state index in [0.29, 0.717) is 11.4 Å². The Hall–Kier alpha value is -3.63.